The Balaban J connectivity index is 1.80. The highest BCUT2D eigenvalue weighted by atomic mass is 35.5. The Bertz CT molecular complexity index is 1130. The van der Waals surface area contributed by atoms with Gasteiger partial charge in [0.15, 0.2) is 5.11 Å². The third kappa shape index (κ3) is 4.60. The van der Waals surface area contributed by atoms with Crippen molar-refractivity contribution in [3.63, 3.8) is 0 Å². The van der Waals surface area contributed by atoms with Gasteiger partial charge in [0, 0.05) is 35.0 Å². The third-order valence-corrected chi connectivity index (χ3v) is 5.88. The number of thiocarbonyl (C=S) groups is 1. The highest BCUT2D eigenvalue weighted by molar-refractivity contribution is 7.80. The molecule has 160 valence electrons. The van der Waals surface area contributed by atoms with Crippen LogP contribution in [0.1, 0.15) is 24.4 Å². The molecule has 2 aromatic carbocycles. The average molecular weight is 475 g/mol. The van der Waals surface area contributed by atoms with Gasteiger partial charge in [-0.1, -0.05) is 40.5 Å². The number of hydrogen-bond acceptors (Lipinski definition) is 5. The maximum Gasteiger partial charge on any atom is 0.258 e. The van der Waals surface area contributed by atoms with Gasteiger partial charge in [-0.25, -0.2) is 0 Å². The average Bonchev–Trinajstić information content (AvgIpc) is 3.23. The fraction of sp³-hybridized carbons (Fsp3) is 0.227. The number of methoxy groups -OCH3 is 1. The van der Waals surface area contributed by atoms with Crippen LogP contribution in [0.15, 0.2) is 58.8 Å². The molecule has 0 bridgehead atoms. The van der Waals surface area contributed by atoms with E-state index in [-0.39, 0.29) is 6.04 Å². The topological polar surface area (TPSA) is 63.4 Å². The van der Waals surface area contributed by atoms with Crippen LogP contribution >= 0.6 is 35.4 Å². The number of halogens is 2. The molecule has 1 aliphatic heterocycles. The monoisotopic (exact) mass is 474 g/mol. The summed E-state index contributed by atoms with van der Waals surface area (Å²) < 4.78 is 11.0. The first-order valence-electron chi connectivity index (χ1n) is 9.61. The maximum absolute atomic E-state index is 6.26. The first-order chi connectivity index (χ1) is 15.0. The fourth-order valence-electron chi connectivity index (χ4n) is 3.50. The number of hydrogen-bond donors (Lipinski definition) is 1. The van der Waals surface area contributed by atoms with E-state index in [4.69, 9.17) is 44.7 Å². The van der Waals surface area contributed by atoms with Gasteiger partial charge in [-0.2, -0.15) is 4.98 Å². The van der Waals surface area contributed by atoms with Gasteiger partial charge in [-0.3, -0.25) is 0 Å². The van der Waals surface area contributed by atoms with Crippen molar-refractivity contribution in [2.45, 2.75) is 13.0 Å². The number of aromatic nitrogens is 2. The Labute approximate surface area is 195 Å². The van der Waals surface area contributed by atoms with Crippen LogP contribution in [0.25, 0.3) is 17.0 Å². The van der Waals surface area contributed by atoms with Gasteiger partial charge in [-0.15, -0.1) is 0 Å². The summed E-state index contributed by atoms with van der Waals surface area (Å²) in [5, 5.41) is 9.46. The van der Waals surface area contributed by atoms with E-state index in [1.165, 1.54) is 0 Å². The van der Waals surface area contributed by atoms with Crippen molar-refractivity contribution < 1.29 is 9.26 Å². The van der Waals surface area contributed by atoms with Gasteiger partial charge in [-0.05, 0) is 61.1 Å². The molecule has 0 saturated heterocycles. The molecular weight excluding hydrogens is 455 g/mol. The van der Waals surface area contributed by atoms with Crippen molar-refractivity contribution in [2.75, 3.05) is 20.3 Å². The highest BCUT2D eigenvalue weighted by Crippen LogP contribution is 2.38. The summed E-state index contributed by atoms with van der Waals surface area (Å²) in [4.78, 5) is 6.64. The second-order valence-corrected chi connectivity index (χ2v) is 8.27. The molecule has 1 aliphatic rings. The minimum absolute atomic E-state index is 0.288. The van der Waals surface area contributed by atoms with Gasteiger partial charge in [0.25, 0.3) is 5.89 Å². The van der Waals surface area contributed by atoms with Crippen molar-refractivity contribution in [1.29, 1.82) is 0 Å². The molecular formula is C22H20Cl2N4O2S. The van der Waals surface area contributed by atoms with Crippen LogP contribution in [0, 0.1) is 0 Å². The summed E-state index contributed by atoms with van der Waals surface area (Å²) in [6.45, 7) is 3.11. The predicted octanol–water partition coefficient (Wildman–Crippen LogP) is 5.35. The van der Waals surface area contributed by atoms with Crippen LogP contribution in [-0.4, -0.2) is 40.4 Å². The first-order valence-corrected chi connectivity index (χ1v) is 10.8. The number of rotatable bonds is 6. The van der Waals surface area contributed by atoms with Gasteiger partial charge < -0.3 is 19.5 Å². The molecule has 0 saturated carbocycles. The minimum Gasteiger partial charge on any atom is -0.383 e. The SMILES string of the molecule is COCCN1C(=S)NC(c2cccc(Cl)c2)C(c2nc(-c3ccc(Cl)cc3)no2)=C1C. The quantitative estimate of drug-likeness (QED) is 0.482. The number of benzene rings is 2. The van der Waals surface area contributed by atoms with Crippen LogP contribution in [-0.2, 0) is 4.74 Å². The summed E-state index contributed by atoms with van der Waals surface area (Å²) in [6, 6.07) is 14.6. The zero-order chi connectivity index (χ0) is 22.0. The van der Waals surface area contributed by atoms with E-state index in [9.17, 15) is 0 Å². The van der Waals surface area contributed by atoms with Crippen molar-refractivity contribution in [3.8, 4) is 11.4 Å². The molecule has 6 nitrogen and oxygen atoms in total. The van der Waals surface area contributed by atoms with Crippen molar-refractivity contribution in [3.05, 3.63) is 75.7 Å². The minimum atomic E-state index is -0.288. The zero-order valence-electron chi connectivity index (χ0n) is 16.9. The lowest BCUT2D eigenvalue weighted by molar-refractivity contribution is 0.183. The predicted molar refractivity (Wildman–Crippen MR) is 126 cm³/mol. The molecule has 0 spiro atoms. The van der Waals surface area contributed by atoms with Crippen molar-refractivity contribution in [1.82, 2.24) is 20.4 Å². The number of ether oxygens (including phenoxy) is 1. The third-order valence-electron chi connectivity index (χ3n) is 5.06. The van der Waals surface area contributed by atoms with E-state index >= 15 is 0 Å². The summed E-state index contributed by atoms with van der Waals surface area (Å²) in [6.07, 6.45) is 0. The lowest BCUT2D eigenvalue weighted by Gasteiger charge is -2.37. The Morgan fingerprint density at radius 3 is 2.65 bits per heavy atom. The molecule has 0 aliphatic carbocycles. The molecule has 1 atom stereocenters. The fourth-order valence-corrected chi connectivity index (χ4v) is 4.17. The Hall–Kier alpha value is -2.45. The van der Waals surface area contributed by atoms with Gasteiger partial charge in [0.05, 0.1) is 18.2 Å². The second kappa shape index (κ2) is 9.36. The molecule has 1 unspecified atom stereocenters. The van der Waals surface area contributed by atoms with Crippen LogP contribution < -0.4 is 5.32 Å². The number of nitrogens with zero attached hydrogens (tertiary/aromatic N) is 3. The van der Waals surface area contributed by atoms with E-state index in [1.807, 2.05) is 48.2 Å². The summed E-state index contributed by atoms with van der Waals surface area (Å²) in [5.74, 6) is 0.887. The molecule has 1 aromatic heterocycles. The Morgan fingerprint density at radius 1 is 1.16 bits per heavy atom. The molecule has 0 amide bonds. The molecule has 1 N–H and O–H groups in total. The standard InChI is InChI=1S/C22H20Cl2N4O2S/c1-13-18(21-26-20(27-30-21)14-6-8-16(23)9-7-14)19(15-4-3-5-17(24)12-15)25-22(31)28(13)10-11-29-2/h3-9,12,19H,10-11H2,1-2H3,(H,25,31). The van der Waals surface area contributed by atoms with Crippen LogP contribution in [0.3, 0.4) is 0 Å². The lowest BCUT2D eigenvalue weighted by Crippen LogP contribution is -2.47. The van der Waals surface area contributed by atoms with E-state index < -0.39 is 0 Å². The van der Waals surface area contributed by atoms with E-state index in [2.05, 4.69) is 15.5 Å². The largest absolute Gasteiger partial charge is 0.383 e. The van der Waals surface area contributed by atoms with E-state index in [0.29, 0.717) is 40.0 Å². The second-order valence-electron chi connectivity index (χ2n) is 7.01. The van der Waals surface area contributed by atoms with Crippen LogP contribution in [0.5, 0.6) is 0 Å². The molecule has 0 fully saturated rings. The Kier molecular flexibility index (Phi) is 6.57. The molecule has 2 heterocycles. The molecule has 9 heteroatoms. The summed E-state index contributed by atoms with van der Waals surface area (Å²) in [7, 11) is 1.66. The lowest BCUT2D eigenvalue weighted by atomic mass is 9.95. The van der Waals surface area contributed by atoms with E-state index in [0.717, 1.165) is 22.4 Å². The van der Waals surface area contributed by atoms with E-state index in [1.54, 1.807) is 19.2 Å². The van der Waals surface area contributed by atoms with Crippen molar-refractivity contribution >= 4 is 46.1 Å². The molecule has 0 radical (unpaired) electrons. The van der Waals surface area contributed by atoms with Gasteiger partial charge >= 0.3 is 0 Å². The maximum atomic E-state index is 6.26. The smallest absolute Gasteiger partial charge is 0.258 e. The summed E-state index contributed by atoms with van der Waals surface area (Å²) >= 11 is 17.9. The first kappa shape index (κ1) is 21.8. The zero-order valence-corrected chi connectivity index (χ0v) is 19.3. The number of allylic oxidation sites excluding steroid dienone is 1. The Morgan fingerprint density at radius 2 is 1.94 bits per heavy atom. The van der Waals surface area contributed by atoms with Gasteiger partial charge in [0.1, 0.15) is 0 Å². The summed E-state index contributed by atoms with van der Waals surface area (Å²) in [5.41, 5.74) is 3.51. The molecule has 4 rings (SSSR count). The van der Waals surface area contributed by atoms with Gasteiger partial charge in [0.2, 0.25) is 5.82 Å². The molecule has 3 aromatic rings. The normalized spacial score (nSPS) is 16.6. The van der Waals surface area contributed by atoms with Crippen LogP contribution in [0.4, 0.5) is 0 Å². The highest BCUT2D eigenvalue weighted by Gasteiger charge is 2.34. The van der Waals surface area contributed by atoms with Crippen molar-refractivity contribution in [2.24, 2.45) is 0 Å². The number of nitrogens with one attached hydrogen (secondary N) is 1. The molecule has 31 heavy (non-hydrogen) atoms. The van der Waals surface area contributed by atoms with Crippen LogP contribution in [0.2, 0.25) is 10.0 Å².